The van der Waals surface area contributed by atoms with Crippen LogP contribution in [0.25, 0.3) is 4.96 Å². The molecule has 0 fully saturated rings. The van der Waals surface area contributed by atoms with Crippen LogP contribution in [0.4, 0.5) is 5.82 Å². The van der Waals surface area contributed by atoms with Crippen LogP contribution in [0.15, 0.2) is 16.9 Å². The monoisotopic (exact) mass is 250 g/mol. The van der Waals surface area contributed by atoms with E-state index in [1.54, 1.807) is 13.0 Å². The van der Waals surface area contributed by atoms with Crippen LogP contribution in [-0.4, -0.2) is 30.9 Å². The fraction of sp³-hybridized carbons (Fsp3) is 0.125. The van der Waals surface area contributed by atoms with Gasteiger partial charge in [0.05, 0.1) is 0 Å². The third-order valence-electron chi connectivity index (χ3n) is 1.95. The van der Waals surface area contributed by atoms with Gasteiger partial charge in [-0.2, -0.15) is 4.52 Å². The van der Waals surface area contributed by atoms with E-state index in [0.29, 0.717) is 16.5 Å². The SMILES string of the molecule is Cc1cc(NC(=O)c2nn3cnnc3s2)no1. The van der Waals surface area contributed by atoms with Gasteiger partial charge in [0.1, 0.15) is 12.1 Å². The third-order valence-corrected chi connectivity index (χ3v) is 2.86. The number of carbonyl (C=O) groups is 1. The van der Waals surface area contributed by atoms with E-state index in [-0.39, 0.29) is 10.9 Å². The predicted octanol–water partition coefficient (Wildman–Crippen LogP) is 0.735. The summed E-state index contributed by atoms with van der Waals surface area (Å²) in [5, 5.41) is 18.0. The summed E-state index contributed by atoms with van der Waals surface area (Å²) in [6, 6.07) is 1.62. The molecule has 0 bridgehead atoms. The summed E-state index contributed by atoms with van der Waals surface area (Å²) in [4.78, 5) is 12.3. The van der Waals surface area contributed by atoms with Gasteiger partial charge in [-0.3, -0.25) is 4.79 Å². The molecule has 0 spiro atoms. The second kappa shape index (κ2) is 3.63. The summed E-state index contributed by atoms with van der Waals surface area (Å²) < 4.78 is 6.27. The fourth-order valence-corrected chi connectivity index (χ4v) is 1.96. The molecular formula is C8H6N6O2S. The number of hydrogen-bond donors (Lipinski definition) is 1. The standard InChI is InChI=1S/C8H6N6O2S/c1-4-2-5(13-16-4)10-6(15)7-12-14-3-9-11-8(14)17-7/h2-3H,1H3,(H,10,13,15). The molecule has 17 heavy (non-hydrogen) atoms. The smallest absolute Gasteiger partial charge is 0.287 e. The second-order valence-electron chi connectivity index (χ2n) is 3.24. The van der Waals surface area contributed by atoms with Gasteiger partial charge >= 0.3 is 0 Å². The number of fused-ring (bicyclic) bond motifs is 1. The van der Waals surface area contributed by atoms with Crippen molar-refractivity contribution >= 4 is 28.0 Å². The topological polar surface area (TPSA) is 98.2 Å². The van der Waals surface area contributed by atoms with Crippen molar-refractivity contribution in [2.75, 3.05) is 5.32 Å². The van der Waals surface area contributed by atoms with E-state index in [1.807, 2.05) is 0 Å². The molecule has 8 nitrogen and oxygen atoms in total. The largest absolute Gasteiger partial charge is 0.360 e. The van der Waals surface area contributed by atoms with E-state index in [2.05, 4.69) is 25.8 Å². The van der Waals surface area contributed by atoms with Gasteiger partial charge in [-0.1, -0.05) is 16.5 Å². The molecule has 0 atom stereocenters. The van der Waals surface area contributed by atoms with Crippen molar-refractivity contribution in [1.29, 1.82) is 0 Å². The summed E-state index contributed by atoms with van der Waals surface area (Å²) in [5.74, 6) is 0.630. The first-order valence-electron chi connectivity index (χ1n) is 4.64. The van der Waals surface area contributed by atoms with Crippen LogP contribution in [0, 0.1) is 6.92 Å². The van der Waals surface area contributed by atoms with E-state index in [9.17, 15) is 4.79 Å². The number of aryl methyl sites for hydroxylation is 1. The zero-order valence-electron chi connectivity index (χ0n) is 8.62. The summed E-state index contributed by atoms with van der Waals surface area (Å²) in [5.41, 5.74) is 0. The Morgan fingerprint density at radius 3 is 3.18 bits per heavy atom. The molecule has 9 heteroatoms. The quantitative estimate of drug-likeness (QED) is 0.720. The Morgan fingerprint density at radius 1 is 1.59 bits per heavy atom. The minimum Gasteiger partial charge on any atom is -0.360 e. The summed E-state index contributed by atoms with van der Waals surface area (Å²) in [7, 11) is 0. The number of anilines is 1. The first-order valence-corrected chi connectivity index (χ1v) is 5.45. The molecule has 3 rings (SSSR count). The zero-order valence-corrected chi connectivity index (χ0v) is 9.43. The molecule has 0 aliphatic carbocycles. The molecule has 3 aromatic rings. The van der Waals surface area contributed by atoms with E-state index in [0.717, 1.165) is 11.3 Å². The van der Waals surface area contributed by atoms with Crippen LogP contribution in [-0.2, 0) is 0 Å². The lowest BCUT2D eigenvalue weighted by Crippen LogP contribution is -2.12. The molecule has 3 heterocycles. The molecular weight excluding hydrogens is 244 g/mol. The van der Waals surface area contributed by atoms with Gasteiger partial charge in [0, 0.05) is 6.07 Å². The van der Waals surface area contributed by atoms with Crippen molar-refractivity contribution in [3.8, 4) is 0 Å². The number of carbonyl (C=O) groups excluding carboxylic acids is 1. The highest BCUT2D eigenvalue weighted by atomic mass is 32.1. The van der Waals surface area contributed by atoms with Gasteiger partial charge in [-0.05, 0) is 6.92 Å². The Hall–Kier alpha value is -2.29. The second-order valence-corrected chi connectivity index (χ2v) is 4.20. The lowest BCUT2D eigenvalue weighted by atomic mass is 10.5. The lowest BCUT2D eigenvalue weighted by Gasteiger charge is -1.94. The number of hydrogen-bond acceptors (Lipinski definition) is 7. The van der Waals surface area contributed by atoms with E-state index < -0.39 is 0 Å². The molecule has 0 unspecified atom stereocenters. The average Bonchev–Trinajstić information content (AvgIpc) is 2.92. The minimum absolute atomic E-state index is 0.288. The highest BCUT2D eigenvalue weighted by Crippen LogP contribution is 2.14. The van der Waals surface area contributed by atoms with Crippen LogP contribution in [0.5, 0.6) is 0 Å². The highest BCUT2D eigenvalue weighted by molar-refractivity contribution is 7.18. The minimum atomic E-state index is -0.353. The van der Waals surface area contributed by atoms with Crippen LogP contribution < -0.4 is 5.32 Å². The van der Waals surface area contributed by atoms with Crippen LogP contribution >= 0.6 is 11.3 Å². The molecule has 0 aromatic carbocycles. The van der Waals surface area contributed by atoms with Crippen LogP contribution in [0.3, 0.4) is 0 Å². The summed E-state index contributed by atoms with van der Waals surface area (Å²) in [6.45, 7) is 1.74. The molecule has 0 aliphatic heterocycles. The Kier molecular flexibility index (Phi) is 2.11. The van der Waals surface area contributed by atoms with E-state index in [4.69, 9.17) is 4.52 Å². The lowest BCUT2D eigenvalue weighted by molar-refractivity contribution is 0.102. The zero-order chi connectivity index (χ0) is 11.8. The normalized spacial score (nSPS) is 10.9. The number of amides is 1. The van der Waals surface area contributed by atoms with Gasteiger partial charge in [0.25, 0.3) is 5.91 Å². The van der Waals surface area contributed by atoms with E-state index >= 15 is 0 Å². The van der Waals surface area contributed by atoms with Crippen molar-refractivity contribution in [2.24, 2.45) is 0 Å². The van der Waals surface area contributed by atoms with Crippen LogP contribution in [0.1, 0.15) is 15.6 Å². The molecule has 0 saturated heterocycles. The summed E-state index contributed by atoms with van der Waals surface area (Å²) >= 11 is 1.15. The van der Waals surface area contributed by atoms with Crippen molar-refractivity contribution in [1.82, 2.24) is 25.0 Å². The maximum Gasteiger partial charge on any atom is 0.287 e. The first-order chi connectivity index (χ1) is 8.22. The molecule has 0 saturated carbocycles. The maximum absolute atomic E-state index is 11.8. The van der Waals surface area contributed by atoms with Crippen molar-refractivity contribution in [2.45, 2.75) is 6.92 Å². The maximum atomic E-state index is 11.8. The molecule has 0 aliphatic rings. The highest BCUT2D eigenvalue weighted by Gasteiger charge is 2.15. The Labute approximate surface area is 98.2 Å². The molecule has 0 radical (unpaired) electrons. The Balaban J connectivity index is 1.84. The van der Waals surface area contributed by atoms with Crippen LogP contribution in [0.2, 0.25) is 0 Å². The number of aromatic nitrogens is 5. The third kappa shape index (κ3) is 1.76. The van der Waals surface area contributed by atoms with Crippen molar-refractivity contribution < 1.29 is 9.32 Å². The molecule has 1 N–H and O–H groups in total. The number of nitrogens with one attached hydrogen (secondary N) is 1. The number of rotatable bonds is 2. The van der Waals surface area contributed by atoms with Crippen molar-refractivity contribution in [3.63, 3.8) is 0 Å². The first kappa shape index (κ1) is 9.90. The van der Waals surface area contributed by atoms with Gasteiger partial charge < -0.3 is 9.84 Å². The fourth-order valence-electron chi connectivity index (χ4n) is 1.25. The number of nitrogens with zero attached hydrogens (tertiary/aromatic N) is 5. The van der Waals surface area contributed by atoms with Gasteiger partial charge in [0.15, 0.2) is 5.82 Å². The van der Waals surface area contributed by atoms with Gasteiger partial charge in [0.2, 0.25) is 9.97 Å². The Bertz CT molecular complexity index is 654. The molecule has 1 amide bonds. The predicted molar refractivity (Wildman–Crippen MR) is 57.9 cm³/mol. The van der Waals surface area contributed by atoms with Gasteiger partial charge in [-0.25, -0.2) is 0 Å². The average molecular weight is 250 g/mol. The molecule has 86 valence electrons. The molecule has 3 aromatic heterocycles. The van der Waals surface area contributed by atoms with Gasteiger partial charge in [-0.15, -0.1) is 15.3 Å². The summed E-state index contributed by atoms with van der Waals surface area (Å²) in [6.07, 6.45) is 1.43. The Morgan fingerprint density at radius 2 is 2.47 bits per heavy atom. The van der Waals surface area contributed by atoms with Crippen molar-refractivity contribution in [3.05, 3.63) is 23.2 Å². The van der Waals surface area contributed by atoms with E-state index in [1.165, 1.54) is 10.8 Å².